The van der Waals surface area contributed by atoms with E-state index in [0.29, 0.717) is 0 Å². The molecule has 0 radical (unpaired) electrons. The zero-order valence-electron chi connectivity index (χ0n) is 14.4. The Morgan fingerprint density at radius 2 is 1.91 bits per heavy atom. The Hall–Kier alpha value is -2.15. The van der Waals surface area contributed by atoms with Gasteiger partial charge < -0.3 is 0 Å². The lowest BCUT2D eigenvalue weighted by Crippen LogP contribution is -2.04. The molecule has 0 N–H and O–H groups in total. The number of aromatic nitrogens is 1. The molecule has 1 aliphatic rings. The lowest BCUT2D eigenvalue weighted by atomic mass is 9.86. The number of fused-ring (bicyclic) bond motifs is 2. The van der Waals surface area contributed by atoms with Crippen LogP contribution in [0.15, 0.2) is 42.1 Å². The molecule has 1 aromatic heterocycles. The highest BCUT2D eigenvalue weighted by Crippen LogP contribution is 2.33. The normalized spacial score (nSPS) is 16.8. The molecule has 1 aliphatic carbocycles. The predicted molar refractivity (Wildman–Crippen MR) is 100 cm³/mol. The van der Waals surface area contributed by atoms with E-state index in [1.54, 1.807) is 5.57 Å². The van der Waals surface area contributed by atoms with Gasteiger partial charge in [-0.15, -0.1) is 0 Å². The molecule has 3 rings (SSSR count). The number of aryl methyl sites for hydroxylation is 1. The summed E-state index contributed by atoms with van der Waals surface area (Å²) in [4.78, 5) is 4.65. The summed E-state index contributed by atoms with van der Waals surface area (Å²) in [6.07, 6.45) is 10.8. The van der Waals surface area contributed by atoms with E-state index in [1.165, 1.54) is 46.4 Å². The van der Waals surface area contributed by atoms with Crippen molar-refractivity contribution >= 4 is 17.7 Å². The van der Waals surface area contributed by atoms with Crippen LogP contribution in [0.3, 0.4) is 0 Å². The van der Waals surface area contributed by atoms with Crippen LogP contribution < -0.4 is 0 Å². The average molecular weight is 303 g/mol. The molecule has 0 saturated heterocycles. The molecular formula is C22H25N. The Morgan fingerprint density at radius 3 is 2.70 bits per heavy atom. The third kappa shape index (κ3) is 3.29. The Balaban J connectivity index is 2.25. The summed E-state index contributed by atoms with van der Waals surface area (Å²) in [5.41, 5.74) is 9.51. The van der Waals surface area contributed by atoms with Gasteiger partial charge in [-0.25, -0.2) is 0 Å². The molecule has 1 heteroatoms. The summed E-state index contributed by atoms with van der Waals surface area (Å²) in [7, 11) is 0. The molecule has 0 aliphatic heterocycles. The summed E-state index contributed by atoms with van der Waals surface area (Å²) in [5.74, 6) is 0. The summed E-state index contributed by atoms with van der Waals surface area (Å²) in [6.45, 7) is 6.71. The van der Waals surface area contributed by atoms with Gasteiger partial charge in [0.25, 0.3) is 0 Å². The first-order chi connectivity index (χ1) is 11.2. The van der Waals surface area contributed by atoms with Crippen molar-refractivity contribution in [1.82, 2.24) is 4.98 Å². The second-order valence-electron chi connectivity index (χ2n) is 6.33. The smallest absolute Gasteiger partial charge is 0.0519 e. The van der Waals surface area contributed by atoms with Crippen molar-refractivity contribution < 1.29 is 0 Å². The first-order valence-electron chi connectivity index (χ1n) is 8.66. The molecule has 1 heterocycles. The largest absolute Gasteiger partial charge is 0.260 e. The Kier molecular flexibility index (Phi) is 4.76. The number of allylic oxidation sites excluding steroid dienone is 2. The van der Waals surface area contributed by atoms with Gasteiger partial charge >= 0.3 is 0 Å². The van der Waals surface area contributed by atoms with Crippen LogP contribution in [-0.4, -0.2) is 4.98 Å². The van der Waals surface area contributed by atoms with Crippen LogP contribution in [0.4, 0.5) is 0 Å². The molecule has 0 fully saturated rings. The Bertz CT molecular complexity index is 765. The molecular weight excluding hydrogens is 278 g/mol. The maximum atomic E-state index is 4.65. The van der Waals surface area contributed by atoms with Gasteiger partial charge in [-0.3, -0.25) is 4.98 Å². The summed E-state index contributed by atoms with van der Waals surface area (Å²) < 4.78 is 0. The topological polar surface area (TPSA) is 12.9 Å². The van der Waals surface area contributed by atoms with Crippen LogP contribution in [-0.2, 0) is 6.42 Å². The summed E-state index contributed by atoms with van der Waals surface area (Å²) >= 11 is 0. The fourth-order valence-corrected chi connectivity index (χ4v) is 3.45. The zero-order chi connectivity index (χ0) is 16.2. The van der Waals surface area contributed by atoms with E-state index in [2.05, 4.69) is 62.2 Å². The van der Waals surface area contributed by atoms with E-state index in [-0.39, 0.29) is 0 Å². The minimum absolute atomic E-state index is 0.930. The van der Waals surface area contributed by atoms with Crippen molar-refractivity contribution in [2.24, 2.45) is 0 Å². The molecule has 1 nitrogen and oxygen atoms in total. The van der Waals surface area contributed by atoms with E-state index >= 15 is 0 Å². The summed E-state index contributed by atoms with van der Waals surface area (Å²) in [5, 5.41) is 0. The fraction of sp³-hybridized carbons (Fsp3) is 0.318. The number of rotatable bonds is 3. The van der Waals surface area contributed by atoms with Crippen LogP contribution in [0, 0.1) is 6.92 Å². The van der Waals surface area contributed by atoms with Gasteiger partial charge in [-0.05, 0) is 48.1 Å². The highest BCUT2D eigenvalue weighted by atomic mass is 14.7. The number of nitrogens with zero attached hydrogens (tertiary/aromatic N) is 1. The Morgan fingerprint density at radius 1 is 1.09 bits per heavy atom. The van der Waals surface area contributed by atoms with Gasteiger partial charge in [0.05, 0.1) is 5.69 Å². The molecule has 2 aromatic rings. The van der Waals surface area contributed by atoms with Crippen molar-refractivity contribution in [3.8, 4) is 0 Å². The van der Waals surface area contributed by atoms with Crippen LogP contribution in [0.25, 0.3) is 17.7 Å². The first kappa shape index (κ1) is 15.7. The van der Waals surface area contributed by atoms with Crippen molar-refractivity contribution in [2.75, 3.05) is 0 Å². The van der Waals surface area contributed by atoms with Gasteiger partial charge in [0.1, 0.15) is 0 Å². The maximum Gasteiger partial charge on any atom is 0.0519 e. The minimum Gasteiger partial charge on any atom is -0.260 e. The number of benzene rings is 1. The van der Waals surface area contributed by atoms with Crippen molar-refractivity contribution in [1.29, 1.82) is 0 Å². The van der Waals surface area contributed by atoms with E-state index in [1.807, 2.05) is 12.3 Å². The second kappa shape index (κ2) is 6.95. The van der Waals surface area contributed by atoms with Gasteiger partial charge in [0.2, 0.25) is 0 Å². The van der Waals surface area contributed by atoms with Gasteiger partial charge in [-0.2, -0.15) is 0 Å². The number of hydrogen-bond acceptors (Lipinski definition) is 1. The SMILES string of the molecule is CCC/C(CC)=C1/Cc2ncccc2/C=C\c2cc(C)ccc21. The predicted octanol–water partition coefficient (Wildman–Crippen LogP) is 6.08. The van der Waals surface area contributed by atoms with Crippen LogP contribution in [0.5, 0.6) is 0 Å². The quantitative estimate of drug-likeness (QED) is 0.669. The van der Waals surface area contributed by atoms with Gasteiger partial charge in [-0.1, -0.05) is 67.8 Å². The minimum atomic E-state index is 0.930. The average Bonchev–Trinajstić information content (AvgIpc) is 2.55. The van der Waals surface area contributed by atoms with Crippen LogP contribution in [0.1, 0.15) is 61.1 Å². The molecule has 23 heavy (non-hydrogen) atoms. The number of pyridine rings is 1. The van der Waals surface area contributed by atoms with E-state index in [4.69, 9.17) is 0 Å². The first-order valence-corrected chi connectivity index (χ1v) is 8.66. The molecule has 118 valence electrons. The molecule has 0 saturated carbocycles. The molecule has 0 spiro atoms. The van der Waals surface area contributed by atoms with Crippen molar-refractivity contribution in [3.05, 3.63) is 70.0 Å². The van der Waals surface area contributed by atoms with Gasteiger partial charge in [0, 0.05) is 12.6 Å². The maximum absolute atomic E-state index is 4.65. The third-order valence-electron chi connectivity index (χ3n) is 4.65. The van der Waals surface area contributed by atoms with E-state index in [0.717, 1.165) is 12.8 Å². The third-order valence-corrected chi connectivity index (χ3v) is 4.65. The van der Waals surface area contributed by atoms with Crippen LogP contribution in [0.2, 0.25) is 0 Å². The van der Waals surface area contributed by atoms with Crippen LogP contribution >= 0.6 is 0 Å². The Labute approximate surface area is 139 Å². The highest BCUT2D eigenvalue weighted by molar-refractivity contribution is 5.84. The highest BCUT2D eigenvalue weighted by Gasteiger charge is 2.16. The van der Waals surface area contributed by atoms with Crippen molar-refractivity contribution in [3.63, 3.8) is 0 Å². The molecule has 0 amide bonds. The molecule has 0 atom stereocenters. The van der Waals surface area contributed by atoms with E-state index in [9.17, 15) is 0 Å². The standard InChI is InChI=1S/C22H25N/c1-4-7-17(5-2)21-15-22-18(8-6-13-23-22)10-11-19-14-16(3)9-12-20(19)21/h6,8-14H,4-5,7,15H2,1-3H3/b11-10-,21-17-. The monoisotopic (exact) mass is 303 g/mol. The molecule has 0 unspecified atom stereocenters. The lowest BCUT2D eigenvalue weighted by Gasteiger charge is -2.20. The van der Waals surface area contributed by atoms with E-state index < -0.39 is 0 Å². The number of hydrogen-bond donors (Lipinski definition) is 0. The molecule has 1 aromatic carbocycles. The summed E-state index contributed by atoms with van der Waals surface area (Å²) in [6, 6.07) is 11.0. The van der Waals surface area contributed by atoms with Gasteiger partial charge in [0.15, 0.2) is 0 Å². The molecule has 0 bridgehead atoms. The second-order valence-corrected chi connectivity index (χ2v) is 6.33. The fourth-order valence-electron chi connectivity index (χ4n) is 3.45. The lowest BCUT2D eigenvalue weighted by molar-refractivity contribution is 0.855. The van der Waals surface area contributed by atoms with Crippen molar-refractivity contribution in [2.45, 2.75) is 46.5 Å². The zero-order valence-corrected chi connectivity index (χ0v) is 14.4.